The van der Waals surface area contributed by atoms with Crippen LogP contribution in [-0.2, 0) is 9.59 Å². The predicted molar refractivity (Wildman–Crippen MR) is 55.9 cm³/mol. The molecule has 0 aliphatic heterocycles. The topological polar surface area (TPSA) is 92.2 Å². The van der Waals surface area contributed by atoms with Gasteiger partial charge in [0.2, 0.25) is 5.91 Å². The highest BCUT2D eigenvalue weighted by atomic mass is 32.2. The van der Waals surface area contributed by atoms with Crippen LogP contribution in [0.25, 0.3) is 0 Å². The third-order valence-electron chi connectivity index (χ3n) is 1.39. The molecular weight excluding hydrogens is 238 g/mol. The van der Waals surface area contributed by atoms with E-state index in [0.29, 0.717) is 4.34 Å². The zero-order valence-electron chi connectivity index (χ0n) is 7.84. The quantitative estimate of drug-likeness (QED) is 0.723. The van der Waals surface area contributed by atoms with Crippen molar-refractivity contribution < 1.29 is 14.7 Å². The van der Waals surface area contributed by atoms with Gasteiger partial charge in [-0.15, -0.1) is 0 Å². The minimum absolute atomic E-state index is 0.240. The Labute approximate surface area is 94.3 Å². The number of hydrogen-bond acceptors (Lipinski definition) is 6. The van der Waals surface area contributed by atoms with Gasteiger partial charge in [-0.05, 0) is 11.5 Å². The lowest BCUT2D eigenvalue weighted by Gasteiger charge is -2.11. The number of carbonyl (C=O) groups is 2. The van der Waals surface area contributed by atoms with E-state index in [-0.39, 0.29) is 11.7 Å². The van der Waals surface area contributed by atoms with Crippen LogP contribution in [0.3, 0.4) is 0 Å². The maximum Gasteiger partial charge on any atom is 0.327 e. The van der Waals surface area contributed by atoms with Gasteiger partial charge in [0.1, 0.15) is 12.4 Å². The molecule has 82 valence electrons. The minimum Gasteiger partial charge on any atom is -0.480 e. The van der Waals surface area contributed by atoms with Crippen LogP contribution in [-0.4, -0.2) is 38.1 Å². The summed E-state index contributed by atoms with van der Waals surface area (Å²) in [6, 6.07) is -0.892. The van der Waals surface area contributed by atoms with E-state index in [1.54, 1.807) is 0 Å². The molecule has 0 fully saturated rings. The summed E-state index contributed by atoms with van der Waals surface area (Å²) < 4.78 is 4.47. The molecule has 0 aliphatic rings. The number of rotatable bonds is 5. The number of aromatic nitrogens is 2. The summed E-state index contributed by atoms with van der Waals surface area (Å²) in [5.41, 5.74) is 0. The molecule has 1 aromatic rings. The Hall–Kier alpha value is -1.15. The van der Waals surface area contributed by atoms with Gasteiger partial charge in [-0.1, -0.05) is 11.8 Å². The Morgan fingerprint density at radius 1 is 1.73 bits per heavy atom. The van der Waals surface area contributed by atoms with Crippen molar-refractivity contribution in [1.82, 2.24) is 14.7 Å². The van der Waals surface area contributed by atoms with Crippen LogP contribution in [0.4, 0.5) is 0 Å². The Bertz CT molecular complexity index is 341. The molecule has 1 atom stereocenters. The Balaban J connectivity index is 2.45. The highest BCUT2D eigenvalue weighted by molar-refractivity contribution is 8.01. The van der Waals surface area contributed by atoms with Crippen molar-refractivity contribution >= 4 is 35.2 Å². The second-order valence-electron chi connectivity index (χ2n) is 2.61. The highest BCUT2D eigenvalue weighted by Crippen LogP contribution is 2.18. The van der Waals surface area contributed by atoms with Crippen LogP contribution in [0.15, 0.2) is 10.7 Å². The Kier molecular flexibility index (Phi) is 4.50. The van der Waals surface area contributed by atoms with E-state index in [4.69, 9.17) is 5.11 Å². The van der Waals surface area contributed by atoms with E-state index in [1.165, 1.54) is 36.5 Å². The van der Waals surface area contributed by atoms with Crippen LogP contribution in [0.2, 0.25) is 0 Å². The van der Waals surface area contributed by atoms with Gasteiger partial charge in [-0.3, -0.25) is 4.79 Å². The summed E-state index contributed by atoms with van der Waals surface area (Å²) in [5, 5.41) is 11.1. The second-order valence-corrected chi connectivity index (χ2v) is 4.66. The van der Waals surface area contributed by atoms with Crippen LogP contribution >= 0.6 is 23.3 Å². The van der Waals surface area contributed by atoms with Crippen LogP contribution in [0.1, 0.15) is 6.92 Å². The molecule has 0 bridgehead atoms. The average Bonchev–Trinajstić information content (AvgIpc) is 2.63. The summed E-state index contributed by atoms with van der Waals surface area (Å²) in [6.45, 7) is 1.28. The van der Waals surface area contributed by atoms with Gasteiger partial charge in [0.15, 0.2) is 4.34 Å². The fraction of sp³-hybridized carbons (Fsp3) is 0.429. The second kappa shape index (κ2) is 5.66. The number of carbonyl (C=O) groups excluding carboxylic acids is 1. The fourth-order valence-corrected chi connectivity index (χ4v) is 2.28. The van der Waals surface area contributed by atoms with E-state index in [2.05, 4.69) is 14.7 Å². The van der Waals surface area contributed by atoms with E-state index in [0.717, 1.165) is 0 Å². The Morgan fingerprint density at radius 2 is 2.47 bits per heavy atom. The number of carboxylic acid groups (broad SMARTS) is 1. The van der Waals surface area contributed by atoms with Crippen LogP contribution in [0, 0.1) is 0 Å². The van der Waals surface area contributed by atoms with E-state index in [9.17, 15) is 9.59 Å². The molecule has 8 heteroatoms. The molecule has 6 nitrogen and oxygen atoms in total. The van der Waals surface area contributed by atoms with E-state index in [1.807, 2.05) is 0 Å². The van der Waals surface area contributed by atoms with Gasteiger partial charge in [0.25, 0.3) is 0 Å². The van der Waals surface area contributed by atoms with Crippen molar-refractivity contribution in [3.63, 3.8) is 0 Å². The molecule has 1 heterocycles. The molecular formula is C7H9N3O3S2. The molecule has 0 spiro atoms. The normalized spacial score (nSPS) is 12.1. The lowest BCUT2D eigenvalue weighted by molar-refractivity contribution is -0.140. The average molecular weight is 247 g/mol. The first-order valence-electron chi connectivity index (χ1n) is 3.99. The predicted octanol–water partition coefficient (Wildman–Crippen LogP) is 0.220. The molecule has 1 aromatic heterocycles. The summed E-state index contributed by atoms with van der Waals surface area (Å²) in [4.78, 5) is 25.3. The number of aliphatic carboxylic acids is 1. The standard InChI is InChI=1S/C7H9N3O3S2/c1-4(11)10-5(6(12)13)2-14-7-8-3-9-15-7/h3,5H,2H2,1H3,(H,10,11)(H,12,13). The molecule has 0 aliphatic carbocycles. The number of nitrogens with zero attached hydrogens (tertiary/aromatic N) is 2. The van der Waals surface area contributed by atoms with Crippen molar-refractivity contribution in [3.8, 4) is 0 Å². The molecule has 0 aromatic carbocycles. The number of nitrogens with one attached hydrogen (secondary N) is 1. The molecule has 15 heavy (non-hydrogen) atoms. The van der Waals surface area contributed by atoms with Crippen LogP contribution < -0.4 is 5.32 Å². The lowest BCUT2D eigenvalue weighted by atomic mass is 10.3. The van der Waals surface area contributed by atoms with Crippen LogP contribution in [0.5, 0.6) is 0 Å². The van der Waals surface area contributed by atoms with Gasteiger partial charge in [0, 0.05) is 12.7 Å². The maximum absolute atomic E-state index is 10.7. The molecule has 1 rings (SSSR count). The number of hydrogen-bond donors (Lipinski definition) is 2. The van der Waals surface area contributed by atoms with E-state index >= 15 is 0 Å². The molecule has 0 radical (unpaired) electrons. The van der Waals surface area contributed by atoms with Gasteiger partial charge in [-0.2, -0.15) is 4.37 Å². The third kappa shape index (κ3) is 4.26. The highest BCUT2D eigenvalue weighted by Gasteiger charge is 2.18. The van der Waals surface area contributed by atoms with Gasteiger partial charge >= 0.3 is 5.97 Å². The number of amides is 1. The molecule has 1 amide bonds. The number of thioether (sulfide) groups is 1. The first-order valence-corrected chi connectivity index (χ1v) is 5.75. The lowest BCUT2D eigenvalue weighted by Crippen LogP contribution is -2.41. The van der Waals surface area contributed by atoms with E-state index < -0.39 is 12.0 Å². The van der Waals surface area contributed by atoms with Crippen molar-refractivity contribution in [2.45, 2.75) is 17.3 Å². The smallest absolute Gasteiger partial charge is 0.327 e. The van der Waals surface area contributed by atoms with Crippen molar-refractivity contribution in [2.24, 2.45) is 0 Å². The zero-order valence-corrected chi connectivity index (χ0v) is 9.47. The molecule has 0 saturated heterocycles. The maximum atomic E-state index is 10.7. The van der Waals surface area contributed by atoms with Gasteiger partial charge in [-0.25, -0.2) is 9.78 Å². The molecule has 0 saturated carbocycles. The summed E-state index contributed by atoms with van der Waals surface area (Å²) >= 11 is 2.45. The first kappa shape index (κ1) is 11.9. The summed E-state index contributed by atoms with van der Waals surface area (Å²) in [7, 11) is 0. The SMILES string of the molecule is CC(=O)NC(CSc1ncns1)C(=O)O. The fourth-order valence-electron chi connectivity index (χ4n) is 0.801. The largest absolute Gasteiger partial charge is 0.480 e. The monoisotopic (exact) mass is 247 g/mol. The van der Waals surface area contributed by atoms with Crippen molar-refractivity contribution in [2.75, 3.05) is 5.75 Å². The van der Waals surface area contributed by atoms with Crippen molar-refractivity contribution in [3.05, 3.63) is 6.33 Å². The molecule has 1 unspecified atom stereocenters. The summed E-state index contributed by atoms with van der Waals surface area (Å²) in [6.07, 6.45) is 1.40. The first-order chi connectivity index (χ1) is 7.09. The summed E-state index contributed by atoms with van der Waals surface area (Å²) in [5.74, 6) is -1.17. The number of carboxylic acids is 1. The van der Waals surface area contributed by atoms with Crippen molar-refractivity contribution in [1.29, 1.82) is 0 Å². The van der Waals surface area contributed by atoms with Gasteiger partial charge in [0.05, 0.1) is 0 Å². The Morgan fingerprint density at radius 3 is 2.93 bits per heavy atom. The third-order valence-corrected chi connectivity index (χ3v) is 3.28. The molecule has 2 N–H and O–H groups in total. The minimum atomic E-state index is -1.05. The van der Waals surface area contributed by atoms with Gasteiger partial charge < -0.3 is 10.4 Å². The zero-order chi connectivity index (χ0) is 11.3.